The number of carbonyl (C=O) groups excluding carboxylic acids is 2. The van der Waals surface area contributed by atoms with E-state index in [9.17, 15) is 14.7 Å². The predicted molar refractivity (Wildman–Crippen MR) is 109 cm³/mol. The maximum absolute atomic E-state index is 12.5. The Balaban J connectivity index is 1.65. The topological polar surface area (TPSA) is 114 Å². The monoisotopic (exact) mass is 392 g/mol. The fourth-order valence-electron chi connectivity index (χ4n) is 3.42. The van der Waals surface area contributed by atoms with Crippen molar-refractivity contribution in [3.05, 3.63) is 59.2 Å². The molecule has 3 rings (SSSR count). The molecule has 7 nitrogen and oxygen atoms in total. The summed E-state index contributed by atoms with van der Waals surface area (Å²) in [5.74, 6) is -0.233. The molecular formula is C22H24N4O3. The minimum atomic E-state index is -0.812. The number of nitrogens with zero attached hydrogens (tertiary/aromatic N) is 1. The fourth-order valence-corrected chi connectivity index (χ4v) is 3.42. The van der Waals surface area contributed by atoms with Gasteiger partial charge in [-0.25, -0.2) is 4.79 Å². The average Bonchev–Trinajstić information content (AvgIpc) is 3.17. The molecule has 1 atom stereocenters. The van der Waals surface area contributed by atoms with E-state index in [4.69, 9.17) is 5.26 Å². The van der Waals surface area contributed by atoms with Gasteiger partial charge in [0.1, 0.15) is 11.8 Å². The summed E-state index contributed by atoms with van der Waals surface area (Å²) in [6.45, 7) is 0.218. The van der Waals surface area contributed by atoms with Gasteiger partial charge in [-0.15, -0.1) is 0 Å². The normalized spacial score (nSPS) is 13.1. The highest BCUT2D eigenvalue weighted by molar-refractivity contribution is 5.94. The lowest BCUT2D eigenvalue weighted by molar-refractivity contribution is -0.122. The van der Waals surface area contributed by atoms with E-state index >= 15 is 0 Å². The zero-order valence-corrected chi connectivity index (χ0v) is 16.1. The van der Waals surface area contributed by atoms with Gasteiger partial charge >= 0.3 is 6.03 Å². The Morgan fingerprint density at radius 2 is 1.86 bits per heavy atom. The van der Waals surface area contributed by atoms with Crippen LogP contribution in [0.5, 0.6) is 5.75 Å². The van der Waals surface area contributed by atoms with Crippen LogP contribution in [0.3, 0.4) is 0 Å². The Morgan fingerprint density at radius 3 is 2.62 bits per heavy atom. The van der Waals surface area contributed by atoms with Crippen LogP contribution in [0, 0.1) is 11.3 Å². The second-order valence-electron chi connectivity index (χ2n) is 7.06. The first-order valence-corrected chi connectivity index (χ1v) is 9.67. The molecule has 0 saturated heterocycles. The van der Waals surface area contributed by atoms with Crippen molar-refractivity contribution in [3.8, 4) is 11.8 Å². The number of phenols is 1. The van der Waals surface area contributed by atoms with Crippen LogP contribution in [0.4, 0.5) is 10.5 Å². The summed E-state index contributed by atoms with van der Waals surface area (Å²) in [5.41, 5.74) is 4.05. The number of aryl methyl sites for hydroxylation is 2. The number of hydrogen-bond acceptors (Lipinski definition) is 4. The molecule has 0 spiro atoms. The van der Waals surface area contributed by atoms with Crippen LogP contribution in [0.25, 0.3) is 0 Å². The van der Waals surface area contributed by atoms with Crippen molar-refractivity contribution in [1.29, 1.82) is 5.26 Å². The number of aromatic hydroxyl groups is 1. The summed E-state index contributed by atoms with van der Waals surface area (Å²) in [6, 6.07) is 13.0. The summed E-state index contributed by atoms with van der Waals surface area (Å²) in [5, 5.41) is 26.3. The third kappa shape index (κ3) is 5.72. The molecule has 3 amide bonds. The highest BCUT2D eigenvalue weighted by Crippen LogP contribution is 2.24. The number of rotatable bonds is 7. The number of nitrogens with one attached hydrogen (secondary N) is 3. The SMILES string of the molecule is N#CCCNC(=O)C(Cc1ccc(O)cc1)NC(=O)Nc1ccc2c(c1)CCC2. The van der Waals surface area contributed by atoms with Crippen LogP contribution in [-0.4, -0.2) is 29.6 Å². The highest BCUT2D eigenvalue weighted by atomic mass is 16.3. The molecule has 0 heterocycles. The lowest BCUT2D eigenvalue weighted by atomic mass is 10.0. The van der Waals surface area contributed by atoms with E-state index < -0.39 is 12.1 Å². The van der Waals surface area contributed by atoms with Crippen LogP contribution in [-0.2, 0) is 24.1 Å². The van der Waals surface area contributed by atoms with Crippen molar-refractivity contribution in [2.45, 2.75) is 38.1 Å². The second-order valence-corrected chi connectivity index (χ2v) is 7.06. The minimum Gasteiger partial charge on any atom is -0.508 e. The largest absolute Gasteiger partial charge is 0.508 e. The molecule has 0 aliphatic heterocycles. The highest BCUT2D eigenvalue weighted by Gasteiger charge is 2.21. The van der Waals surface area contributed by atoms with Gasteiger partial charge in [0.25, 0.3) is 0 Å². The smallest absolute Gasteiger partial charge is 0.319 e. The number of phenolic OH excluding ortho intramolecular Hbond substituents is 1. The molecule has 0 bridgehead atoms. The van der Waals surface area contributed by atoms with Crippen LogP contribution in [0.15, 0.2) is 42.5 Å². The van der Waals surface area contributed by atoms with Gasteiger partial charge in [-0.05, 0) is 60.2 Å². The van der Waals surface area contributed by atoms with Gasteiger partial charge in [0.05, 0.1) is 12.5 Å². The van der Waals surface area contributed by atoms with E-state index in [2.05, 4.69) is 16.0 Å². The molecule has 1 aliphatic rings. The number of fused-ring (bicyclic) bond motifs is 1. The molecule has 0 radical (unpaired) electrons. The Morgan fingerprint density at radius 1 is 1.10 bits per heavy atom. The summed E-state index contributed by atoms with van der Waals surface area (Å²) < 4.78 is 0. The molecule has 7 heteroatoms. The number of hydrogen-bond donors (Lipinski definition) is 4. The van der Waals surface area contributed by atoms with E-state index in [1.54, 1.807) is 12.1 Å². The molecule has 0 fully saturated rings. The van der Waals surface area contributed by atoms with Crippen molar-refractivity contribution in [2.24, 2.45) is 0 Å². The fraction of sp³-hybridized carbons (Fsp3) is 0.318. The van der Waals surface area contributed by atoms with E-state index in [1.165, 1.54) is 23.3 Å². The van der Waals surface area contributed by atoms with Gasteiger partial charge < -0.3 is 21.1 Å². The van der Waals surface area contributed by atoms with Gasteiger partial charge in [0, 0.05) is 18.7 Å². The van der Waals surface area contributed by atoms with Crippen molar-refractivity contribution in [2.75, 3.05) is 11.9 Å². The van der Waals surface area contributed by atoms with Gasteiger partial charge in [-0.2, -0.15) is 5.26 Å². The van der Waals surface area contributed by atoms with Gasteiger partial charge in [0.2, 0.25) is 5.91 Å². The molecule has 1 unspecified atom stereocenters. The van der Waals surface area contributed by atoms with Crippen LogP contribution in [0.2, 0.25) is 0 Å². The van der Waals surface area contributed by atoms with Crippen molar-refractivity contribution in [3.63, 3.8) is 0 Å². The van der Waals surface area contributed by atoms with E-state index in [0.717, 1.165) is 24.8 Å². The number of urea groups is 1. The van der Waals surface area contributed by atoms with Crippen molar-refractivity contribution < 1.29 is 14.7 Å². The Bertz CT molecular complexity index is 919. The first kappa shape index (κ1) is 20.2. The number of nitriles is 1. The lowest BCUT2D eigenvalue weighted by Crippen LogP contribution is -2.49. The molecule has 2 aromatic rings. The van der Waals surface area contributed by atoms with E-state index in [-0.39, 0.29) is 31.0 Å². The Labute approximate surface area is 169 Å². The van der Waals surface area contributed by atoms with Gasteiger partial charge in [-0.1, -0.05) is 18.2 Å². The third-order valence-electron chi connectivity index (χ3n) is 4.89. The summed E-state index contributed by atoms with van der Waals surface area (Å²) >= 11 is 0. The zero-order chi connectivity index (χ0) is 20.6. The summed E-state index contributed by atoms with van der Waals surface area (Å²) in [7, 11) is 0. The Hall–Kier alpha value is -3.53. The Kier molecular flexibility index (Phi) is 6.69. The lowest BCUT2D eigenvalue weighted by Gasteiger charge is -2.19. The van der Waals surface area contributed by atoms with Gasteiger partial charge in [0.15, 0.2) is 0 Å². The summed E-state index contributed by atoms with van der Waals surface area (Å²) in [4.78, 5) is 25.0. The molecular weight excluding hydrogens is 368 g/mol. The van der Waals surface area contributed by atoms with Crippen LogP contribution < -0.4 is 16.0 Å². The first-order chi connectivity index (χ1) is 14.0. The number of benzene rings is 2. The molecule has 29 heavy (non-hydrogen) atoms. The van der Waals surface area contributed by atoms with E-state index in [0.29, 0.717) is 5.69 Å². The van der Waals surface area contributed by atoms with Crippen LogP contribution in [0.1, 0.15) is 29.5 Å². The maximum Gasteiger partial charge on any atom is 0.319 e. The molecule has 150 valence electrons. The maximum atomic E-state index is 12.5. The number of anilines is 1. The van der Waals surface area contributed by atoms with Crippen LogP contribution >= 0.6 is 0 Å². The second kappa shape index (κ2) is 9.60. The van der Waals surface area contributed by atoms with Gasteiger partial charge in [-0.3, -0.25) is 4.79 Å². The quantitative estimate of drug-likeness (QED) is 0.542. The zero-order valence-electron chi connectivity index (χ0n) is 16.1. The number of carbonyl (C=O) groups is 2. The molecule has 0 saturated carbocycles. The molecule has 1 aliphatic carbocycles. The standard InChI is InChI=1S/C22H24N4O3/c23-11-2-12-24-21(28)20(13-15-5-9-19(27)10-6-15)26-22(29)25-18-8-7-16-3-1-4-17(16)14-18/h5-10,14,20,27H,1-4,12-13H2,(H,24,28)(H2,25,26,29). The minimum absolute atomic E-state index is 0.131. The third-order valence-corrected chi connectivity index (χ3v) is 4.89. The predicted octanol–water partition coefficient (Wildman–Crippen LogP) is 2.64. The number of amides is 3. The molecule has 0 aromatic heterocycles. The molecule has 2 aromatic carbocycles. The average molecular weight is 392 g/mol. The van der Waals surface area contributed by atoms with E-state index in [1.807, 2.05) is 24.3 Å². The first-order valence-electron chi connectivity index (χ1n) is 9.67. The summed E-state index contributed by atoms with van der Waals surface area (Å²) in [6.07, 6.45) is 3.66. The molecule has 4 N–H and O–H groups in total. The van der Waals surface area contributed by atoms with Crippen molar-refractivity contribution in [1.82, 2.24) is 10.6 Å². The van der Waals surface area contributed by atoms with Crippen molar-refractivity contribution >= 4 is 17.6 Å².